The van der Waals surface area contributed by atoms with Gasteiger partial charge in [-0.2, -0.15) is 0 Å². The number of fused-ring (bicyclic) bond motifs is 1. The van der Waals surface area contributed by atoms with Gasteiger partial charge in [-0.15, -0.1) is 0 Å². The molecule has 118 valence electrons. The largest absolute Gasteiger partial charge is 0.394 e. The number of rotatable bonds is 8. The van der Waals surface area contributed by atoms with Crippen LogP contribution in [-0.4, -0.2) is 41.8 Å². The van der Waals surface area contributed by atoms with Gasteiger partial charge in [0, 0.05) is 18.6 Å². The zero-order valence-corrected chi connectivity index (χ0v) is 13.6. The Morgan fingerprint density at radius 2 is 2.05 bits per heavy atom. The highest BCUT2D eigenvalue weighted by Crippen LogP contribution is 2.20. The van der Waals surface area contributed by atoms with E-state index >= 15 is 0 Å². The molecule has 0 aliphatic carbocycles. The fourth-order valence-corrected chi connectivity index (χ4v) is 3.09. The van der Waals surface area contributed by atoms with Crippen molar-refractivity contribution in [1.82, 2.24) is 10.2 Å². The van der Waals surface area contributed by atoms with Crippen molar-refractivity contribution in [3.63, 3.8) is 0 Å². The predicted octanol–water partition coefficient (Wildman–Crippen LogP) is 2.58. The molecule has 1 unspecified atom stereocenters. The summed E-state index contributed by atoms with van der Waals surface area (Å²) in [5.74, 6) is 0. The fourth-order valence-electron chi connectivity index (χ4n) is 3.09. The lowest BCUT2D eigenvalue weighted by atomic mass is 9.95. The smallest absolute Gasteiger partial charge is 0.0610 e. The van der Waals surface area contributed by atoms with Crippen LogP contribution < -0.4 is 5.32 Å². The van der Waals surface area contributed by atoms with E-state index in [1.54, 1.807) is 0 Å². The molecular weight excluding hydrogens is 260 g/mol. The summed E-state index contributed by atoms with van der Waals surface area (Å²) >= 11 is 0. The summed E-state index contributed by atoms with van der Waals surface area (Å²) in [6.45, 7) is 8.86. The van der Waals surface area contributed by atoms with E-state index in [9.17, 15) is 5.11 Å². The zero-order chi connectivity index (χ0) is 15.1. The van der Waals surface area contributed by atoms with Gasteiger partial charge in [-0.05, 0) is 56.8 Å². The molecule has 2 N–H and O–H groups in total. The van der Waals surface area contributed by atoms with Gasteiger partial charge < -0.3 is 10.4 Å². The molecule has 0 amide bonds. The summed E-state index contributed by atoms with van der Waals surface area (Å²) in [5.41, 5.74) is 2.88. The number of nitrogens with zero attached hydrogens (tertiary/aromatic N) is 1. The van der Waals surface area contributed by atoms with Gasteiger partial charge in [0.25, 0.3) is 0 Å². The van der Waals surface area contributed by atoms with Crippen LogP contribution in [0.25, 0.3) is 0 Å². The van der Waals surface area contributed by atoms with Crippen molar-refractivity contribution in [2.75, 3.05) is 26.2 Å². The molecule has 1 aliphatic rings. The standard InChI is InChI=1S/C18H30N2O/c1-3-11-19-18(2,15-21)10-6-12-20-13-9-16-7-4-5-8-17(16)14-20/h4-5,7-8,19,21H,3,6,9-15H2,1-2H3. The Hall–Kier alpha value is -0.900. The second-order valence-electron chi connectivity index (χ2n) is 6.54. The van der Waals surface area contributed by atoms with Gasteiger partial charge in [0.15, 0.2) is 0 Å². The van der Waals surface area contributed by atoms with Crippen molar-refractivity contribution in [2.24, 2.45) is 0 Å². The van der Waals surface area contributed by atoms with Crippen molar-refractivity contribution in [3.8, 4) is 0 Å². The molecule has 1 aromatic carbocycles. The summed E-state index contributed by atoms with van der Waals surface area (Å²) in [6.07, 6.45) is 4.44. The molecule has 0 spiro atoms. The number of nitrogens with one attached hydrogen (secondary N) is 1. The molecule has 3 heteroatoms. The SMILES string of the molecule is CCCNC(C)(CO)CCCN1CCc2ccccc2C1. The molecule has 3 nitrogen and oxygen atoms in total. The molecule has 0 aromatic heterocycles. The number of hydrogen-bond donors (Lipinski definition) is 2. The maximum atomic E-state index is 9.60. The first-order valence-corrected chi connectivity index (χ1v) is 8.32. The third-order valence-corrected chi connectivity index (χ3v) is 4.56. The zero-order valence-electron chi connectivity index (χ0n) is 13.6. The highest BCUT2D eigenvalue weighted by molar-refractivity contribution is 5.28. The van der Waals surface area contributed by atoms with E-state index in [0.29, 0.717) is 0 Å². The molecule has 0 radical (unpaired) electrons. The van der Waals surface area contributed by atoms with Crippen LogP contribution in [0, 0.1) is 0 Å². The topological polar surface area (TPSA) is 35.5 Å². The van der Waals surface area contributed by atoms with Crippen LogP contribution in [0.15, 0.2) is 24.3 Å². The van der Waals surface area contributed by atoms with Crippen LogP contribution >= 0.6 is 0 Å². The first-order valence-electron chi connectivity index (χ1n) is 8.32. The van der Waals surface area contributed by atoms with E-state index in [4.69, 9.17) is 0 Å². The number of aliphatic hydroxyl groups excluding tert-OH is 1. The minimum absolute atomic E-state index is 0.121. The first kappa shape index (κ1) is 16.5. The van der Waals surface area contributed by atoms with Crippen molar-refractivity contribution in [2.45, 2.75) is 51.6 Å². The van der Waals surface area contributed by atoms with Gasteiger partial charge in [0.2, 0.25) is 0 Å². The molecule has 0 saturated carbocycles. The number of benzene rings is 1. The molecule has 1 aliphatic heterocycles. The Morgan fingerprint density at radius 3 is 2.76 bits per heavy atom. The highest BCUT2D eigenvalue weighted by atomic mass is 16.3. The second-order valence-corrected chi connectivity index (χ2v) is 6.54. The van der Waals surface area contributed by atoms with Gasteiger partial charge in [-0.1, -0.05) is 31.2 Å². The molecule has 1 aromatic rings. The van der Waals surface area contributed by atoms with E-state index < -0.39 is 0 Å². The third-order valence-electron chi connectivity index (χ3n) is 4.56. The lowest BCUT2D eigenvalue weighted by molar-refractivity contribution is 0.154. The van der Waals surface area contributed by atoms with Gasteiger partial charge >= 0.3 is 0 Å². The fraction of sp³-hybridized carbons (Fsp3) is 0.667. The van der Waals surface area contributed by atoms with Crippen LogP contribution in [0.2, 0.25) is 0 Å². The lowest BCUT2D eigenvalue weighted by Gasteiger charge is -2.32. The van der Waals surface area contributed by atoms with Crippen LogP contribution in [0.3, 0.4) is 0 Å². The molecule has 1 atom stereocenters. The average Bonchev–Trinajstić information content (AvgIpc) is 2.53. The van der Waals surface area contributed by atoms with Gasteiger partial charge in [-0.25, -0.2) is 0 Å². The van der Waals surface area contributed by atoms with Gasteiger partial charge in [0.1, 0.15) is 0 Å². The molecule has 0 bridgehead atoms. The van der Waals surface area contributed by atoms with Crippen molar-refractivity contribution >= 4 is 0 Å². The summed E-state index contributed by atoms with van der Waals surface area (Å²) in [7, 11) is 0. The monoisotopic (exact) mass is 290 g/mol. The van der Waals surface area contributed by atoms with E-state index in [1.165, 1.54) is 17.5 Å². The Kier molecular flexibility index (Phi) is 6.22. The van der Waals surface area contributed by atoms with Crippen molar-refractivity contribution < 1.29 is 5.11 Å². The Bertz CT molecular complexity index is 435. The van der Waals surface area contributed by atoms with Crippen LogP contribution in [0.1, 0.15) is 44.2 Å². The van der Waals surface area contributed by atoms with Crippen LogP contribution in [-0.2, 0) is 13.0 Å². The molecule has 0 fully saturated rings. The number of hydrogen-bond acceptors (Lipinski definition) is 3. The van der Waals surface area contributed by atoms with Crippen molar-refractivity contribution in [3.05, 3.63) is 35.4 Å². The van der Waals surface area contributed by atoms with Crippen LogP contribution in [0.5, 0.6) is 0 Å². The van der Waals surface area contributed by atoms with E-state index in [0.717, 1.165) is 45.4 Å². The molecular formula is C18H30N2O. The van der Waals surface area contributed by atoms with E-state index in [1.807, 2.05) is 0 Å². The minimum Gasteiger partial charge on any atom is -0.394 e. The van der Waals surface area contributed by atoms with E-state index in [2.05, 4.69) is 48.3 Å². The van der Waals surface area contributed by atoms with Gasteiger partial charge in [-0.3, -0.25) is 4.90 Å². The molecule has 2 rings (SSSR count). The summed E-state index contributed by atoms with van der Waals surface area (Å²) in [4.78, 5) is 2.54. The quantitative estimate of drug-likeness (QED) is 0.772. The molecule has 1 heterocycles. The second kappa shape index (κ2) is 7.92. The Balaban J connectivity index is 1.76. The number of aliphatic hydroxyl groups is 1. The average molecular weight is 290 g/mol. The predicted molar refractivity (Wildman–Crippen MR) is 88.4 cm³/mol. The van der Waals surface area contributed by atoms with Crippen LogP contribution in [0.4, 0.5) is 0 Å². The third kappa shape index (κ3) is 4.80. The maximum Gasteiger partial charge on any atom is 0.0610 e. The molecule has 21 heavy (non-hydrogen) atoms. The normalized spacial score (nSPS) is 18.2. The first-order chi connectivity index (χ1) is 10.2. The summed E-state index contributed by atoms with van der Waals surface area (Å²) in [5, 5.41) is 13.1. The minimum atomic E-state index is -0.121. The lowest BCUT2D eigenvalue weighted by Crippen LogP contribution is -2.46. The highest BCUT2D eigenvalue weighted by Gasteiger charge is 2.22. The summed E-state index contributed by atoms with van der Waals surface area (Å²) in [6, 6.07) is 8.78. The molecule has 0 saturated heterocycles. The Labute approximate surface area is 129 Å². The van der Waals surface area contributed by atoms with Gasteiger partial charge in [0.05, 0.1) is 6.61 Å². The summed E-state index contributed by atoms with van der Waals surface area (Å²) < 4.78 is 0. The Morgan fingerprint density at radius 1 is 1.29 bits per heavy atom. The van der Waals surface area contributed by atoms with E-state index in [-0.39, 0.29) is 12.1 Å². The maximum absolute atomic E-state index is 9.60. The van der Waals surface area contributed by atoms with Crippen molar-refractivity contribution in [1.29, 1.82) is 0 Å².